The van der Waals surface area contributed by atoms with Gasteiger partial charge in [0.1, 0.15) is 17.2 Å². The number of aromatic hydroxyl groups is 3. The summed E-state index contributed by atoms with van der Waals surface area (Å²) < 4.78 is 0. The molecule has 0 heterocycles. The summed E-state index contributed by atoms with van der Waals surface area (Å²) in [6, 6.07) is 36.4. The summed E-state index contributed by atoms with van der Waals surface area (Å²) in [7, 11) is 0. The van der Waals surface area contributed by atoms with Gasteiger partial charge in [0.15, 0.2) is 0 Å². The van der Waals surface area contributed by atoms with Crippen molar-refractivity contribution in [3.05, 3.63) is 144 Å². The summed E-state index contributed by atoms with van der Waals surface area (Å²) in [4.78, 5) is 19.6. The van der Waals surface area contributed by atoms with Crippen molar-refractivity contribution in [2.24, 2.45) is 20.0 Å². The molecule has 0 atom stereocenters. The summed E-state index contributed by atoms with van der Waals surface area (Å²) in [5.41, 5.74) is 7.80. The van der Waals surface area contributed by atoms with Crippen molar-refractivity contribution in [1.82, 2.24) is 0 Å². The molecule has 5 aromatic rings. The van der Waals surface area contributed by atoms with E-state index in [4.69, 9.17) is 20.0 Å². The Labute approximate surface area is 275 Å². The number of phenols is 3. The van der Waals surface area contributed by atoms with Gasteiger partial charge in [0.2, 0.25) is 0 Å². The van der Waals surface area contributed by atoms with Crippen LogP contribution in [0.3, 0.4) is 0 Å². The van der Waals surface area contributed by atoms with Crippen molar-refractivity contribution in [1.29, 1.82) is 0 Å². The zero-order valence-corrected chi connectivity index (χ0v) is 26.8. The number of hydrogen-bond acceptors (Lipinski definition) is 7. The molecule has 0 aliphatic rings. The minimum absolute atomic E-state index is 0.136. The summed E-state index contributed by atoms with van der Waals surface area (Å²) in [6.07, 6.45) is 1.87. The molecule has 234 valence electrons. The number of aliphatic imine (C=N–C) groups is 4. The quantitative estimate of drug-likeness (QED) is 0.143. The van der Waals surface area contributed by atoms with Crippen molar-refractivity contribution in [3.63, 3.8) is 0 Å². The zero-order chi connectivity index (χ0) is 33.3. The maximum Gasteiger partial charge on any atom is 0.124 e. The Morgan fingerprint density at radius 2 is 0.766 bits per heavy atom. The molecule has 0 aliphatic carbocycles. The molecule has 0 spiro atoms. The third-order valence-electron chi connectivity index (χ3n) is 7.52. The van der Waals surface area contributed by atoms with Crippen molar-refractivity contribution in [2.75, 3.05) is 0 Å². The maximum absolute atomic E-state index is 10.6. The van der Waals surface area contributed by atoms with Crippen LogP contribution in [0, 0.1) is 0 Å². The van der Waals surface area contributed by atoms with Gasteiger partial charge in [0, 0.05) is 45.1 Å². The van der Waals surface area contributed by atoms with Gasteiger partial charge in [-0.15, -0.1) is 0 Å². The molecule has 7 nitrogen and oxygen atoms in total. The second-order valence-electron chi connectivity index (χ2n) is 10.9. The molecular weight excluding hydrogens is 584 g/mol. The Kier molecular flexibility index (Phi) is 10.2. The topological polar surface area (TPSA) is 110 Å². The number of rotatable bonds is 9. The molecule has 7 heteroatoms. The van der Waals surface area contributed by atoms with E-state index in [1.54, 1.807) is 36.4 Å². The van der Waals surface area contributed by atoms with Crippen LogP contribution in [0.4, 0.5) is 22.7 Å². The predicted molar refractivity (Wildman–Crippen MR) is 194 cm³/mol. The molecule has 0 aromatic heterocycles. The molecule has 0 saturated heterocycles. The molecule has 0 fully saturated rings. The Morgan fingerprint density at radius 1 is 0.426 bits per heavy atom. The second kappa shape index (κ2) is 14.8. The van der Waals surface area contributed by atoms with E-state index in [0.717, 1.165) is 0 Å². The lowest BCUT2D eigenvalue weighted by Crippen LogP contribution is -2.07. The average Bonchev–Trinajstić information content (AvgIpc) is 3.06. The summed E-state index contributed by atoms with van der Waals surface area (Å²) in [5, 5.41) is 31.4. The highest BCUT2D eigenvalue weighted by Gasteiger charge is 2.13. The summed E-state index contributed by atoms with van der Waals surface area (Å²) >= 11 is 0. The van der Waals surface area contributed by atoms with Crippen LogP contribution in [0.25, 0.3) is 6.08 Å². The van der Waals surface area contributed by atoms with Gasteiger partial charge in [0.25, 0.3) is 0 Å². The lowest BCUT2D eigenvalue weighted by Gasteiger charge is -2.12. The monoisotopic (exact) mass is 620 g/mol. The average molecular weight is 621 g/mol. The lowest BCUT2D eigenvalue weighted by molar-refractivity contribution is 0.473. The van der Waals surface area contributed by atoms with Gasteiger partial charge in [-0.2, -0.15) is 0 Å². The van der Waals surface area contributed by atoms with Gasteiger partial charge in [-0.3, -0.25) is 20.0 Å². The minimum atomic E-state index is 0.136. The molecule has 0 bridgehead atoms. The first kappa shape index (κ1) is 32.3. The first-order valence-electron chi connectivity index (χ1n) is 15.2. The van der Waals surface area contributed by atoms with Crippen LogP contribution < -0.4 is 0 Å². The molecule has 0 saturated carbocycles. The number of para-hydroxylation sites is 7. The molecule has 0 radical (unpaired) electrons. The molecule has 5 rings (SSSR count). The van der Waals surface area contributed by atoms with Crippen LogP contribution in [0.5, 0.6) is 17.2 Å². The van der Waals surface area contributed by atoms with Gasteiger partial charge in [-0.05, 0) is 88.4 Å². The van der Waals surface area contributed by atoms with Gasteiger partial charge in [-0.1, -0.05) is 66.7 Å². The highest BCUT2D eigenvalue weighted by atomic mass is 16.3. The zero-order valence-electron chi connectivity index (χ0n) is 26.8. The van der Waals surface area contributed by atoms with Crippen LogP contribution in [0.2, 0.25) is 0 Å². The molecule has 0 aliphatic heterocycles. The maximum atomic E-state index is 10.6. The standard InChI is InChI=1S/C40H36N4O3/c1-26(31-16-6-13-23-39(31)46)41-34-18-8-10-20-36(34)43-28(3)33(25-30-15-5-12-22-38(30)45)29(4)44-37-21-11-9-19-35(37)42-27(2)32-17-7-14-24-40(32)47/h5-25,45-47H,1-4H3. The SMILES string of the molecule is CC(=Nc1ccccc1N=C(C)c1ccccc1O)C(=Cc1ccccc1O)C(C)=Nc1ccccc1N=C(C)c1ccccc1O. The summed E-state index contributed by atoms with van der Waals surface area (Å²) in [6.45, 7) is 7.49. The van der Waals surface area contributed by atoms with E-state index in [-0.39, 0.29) is 17.2 Å². The molecular formula is C40H36N4O3. The highest BCUT2D eigenvalue weighted by Crippen LogP contribution is 2.33. The molecule has 0 amide bonds. The second-order valence-corrected chi connectivity index (χ2v) is 10.9. The smallest absolute Gasteiger partial charge is 0.124 e. The van der Waals surface area contributed by atoms with Crippen LogP contribution >= 0.6 is 0 Å². The molecule has 5 aromatic carbocycles. The minimum Gasteiger partial charge on any atom is -0.507 e. The largest absolute Gasteiger partial charge is 0.507 e. The van der Waals surface area contributed by atoms with Crippen molar-refractivity contribution in [2.45, 2.75) is 27.7 Å². The van der Waals surface area contributed by atoms with Crippen molar-refractivity contribution >= 4 is 51.7 Å². The van der Waals surface area contributed by atoms with E-state index in [9.17, 15) is 15.3 Å². The fourth-order valence-electron chi connectivity index (χ4n) is 5.07. The van der Waals surface area contributed by atoms with Gasteiger partial charge < -0.3 is 15.3 Å². The van der Waals surface area contributed by atoms with Crippen molar-refractivity contribution < 1.29 is 15.3 Å². The molecule has 0 unspecified atom stereocenters. The number of allylic oxidation sites excluding steroid dienone is 1. The Hall–Kier alpha value is -6.08. The van der Waals surface area contributed by atoms with Crippen LogP contribution in [-0.2, 0) is 0 Å². The third kappa shape index (κ3) is 7.96. The van der Waals surface area contributed by atoms with Crippen LogP contribution in [-0.4, -0.2) is 38.2 Å². The number of hydrogen-bond donors (Lipinski definition) is 3. The van der Waals surface area contributed by atoms with Crippen LogP contribution in [0.1, 0.15) is 44.4 Å². The number of nitrogens with zero attached hydrogens (tertiary/aromatic N) is 4. The van der Waals surface area contributed by atoms with Crippen LogP contribution in [0.15, 0.2) is 147 Å². The van der Waals surface area contributed by atoms with E-state index in [0.29, 0.717) is 67.9 Å². The fraction of sp³-hybridized carbons (Fsp3) is 0.100. The fourth-order valence-corrected chi connectivity index (χ4v) is 5.07. The highest BCUT2D eigenvalue weighted by molar-refractivity contribution is 6.27. The van der Waals surface area contributed by atoms with Gasteiger partial charge >= 0.3 is 0 Å². The number of phenolic OH excluding ortho intramolecular Hbond substituents is 3. The van der Waals surface area contributed by atoms with E-state index in [2.05, 4.69) is 0 Å². The van der Waals surface area contributed by atoms with E-state index >= 15 is 0 Å². The van der Waals surface area contributed by atoms with E-state index < -0.39 is 0 Å². The summed E-state index contributed by atoms with van der Waals surface area (Å²) in [5.74, 6) is 0.453. The van der Waals surface area contributed by atoms with E-state index in [1.165, 1.54) is 0 Å². The Balaban J connectivity index is 1.59. The van der Waals surface area contributed by atoms with E-state index in [1.807, 2.05) is 119 Å². The normalized spacial score (nSPS) is 12.6. The Bertz CT molecular complexity index is 1950. The van der Waals surface area contributed by atoms with Gasteiger partial charge in [0.05, 0.1) is 22.7 Å². The molecule has 3 N–H and O–H groups in total. The lowest BCUT2D eigenvalue weighted by atomic mass is 10.0. The van der Waals surface area contributed by atoms with Gasteiger partial charge in [-0.25, -0.2) is 0 Å². The Morgan fingerprint density at radius 3 is 1.17 bits per heavy atom. The first-order chi connectivity index (χ1) is 22.7. The van der Waals surface area contributed by atoms with Crippen molar-refractivity contribution in [3.8, 4) is 17.2 Å². The number of benzene rings is 5. The molecule has 47 heavy (non-hydrogen) atoms. The first-order valence-corrected chi connectivity index (χ1v) is 15.2. The third-order valence-corrected chi connectivity index (χ3v) is 7.52. The predicted octanol–water partition coefficient (Wildman–Crippen LogP) is 10.1.